The first kappa shape index (κ1) is 14.4. The van der Waals surface area contributed by atoms with Gasteiger partial charge in [-0.1, -0.05) is 0 Å². The molecule has 1 unspecified atom stereocenters. The van der Waals surface area contributed by atoms with Gasteiger partial charge >= 0.3 is 7.12 Å². The third-order valence-electron chi connectivity index (χ3n) is 4.16. The Balaban J connectivity index is 2.33. The third-order valence-corrected chi connectivity index (χ3v) is 4.16. The molecule has 1 saturated heterocycles. The van der Waals surface area contributed by atoms with Gasteiger partial charge < -0.3 is 14.0 Å². The van der Waals surface area contributed by atoms with Crippen molar-refractivity contribution in [3.05, 3.63) is 11.6 Å². The molecule has 104 valence electrons. The van der Waals surface area contributed by atoms with Gasteiger partial charge in [-0.2, -0.15) is 0 Å². The lowest BCUT2D eigenvalue weighted by Crippen LogP contribution is -2.52. The molecule has 2 rings (SSSR count). The minimum atomic E-state index is -0.851. The largest absolute Gasteiger partial charge is 0.498 e. The van der Waals surface area contributed by atoms with Crippen molar-refractivity contribution in [2.45, 2.75) is 44.4 Å². The number of allylic oxidation sites excluding steroid dienone is 1. The maximum Gasteiger partial charge on any atom is 0.498 e. The Morgan fingerprint density at radius 2 is 1.89 bits per heavy atom. The normalized spacial score (nSPS) is 32.3. The molecular formula is C13H20BNO4. The molecule has 2 aliphatic heterocycles. The van der Waals surface area contributed by atoms with Gasteiger partial charge in [0, 0.05) is 18.9 Å². The van der Waals surface area contributed by atoms with Crippen molar-refractivity contribution >= 4 is 19.6 Å². The van der Waals surface area contributed by atoms with Crippen LogP contribution in [0.25, 0.3) is 0 Å². The number of carbonyl (C=O) groups excluding carboxylic acids is 1. The first-order chi connectivity index (χ1) is 8.76. The van der Waals surface area contributed by atoms with E-state index in [1.807, 2.05) is 27.7 Å². The van der Waals surface area contributed by atoms with Crippen molar-refractivity contribution in [2.24, 2.45) is 4.99 Å². The van der Waals surface area contributed by atoms with Crippen LogP contribution in [0.3, 0.4) is 0 Å². The van der Waals surface area contributed by atoms with E-state index in [9.17, 15) is 4.79 Å². The smallest absolute Gasteiger partial charge is 0.401 e. The second-order valence-corrected chi connectivity index (χ2v) is 5.98. The van der Waals surface area contributed by atoms with Gasteiger partial charge in [0.25, 0.3) is 0 Å². The van der Waals surface area contributed by atoms with Crippen LogP contribution in [0.15, 0.2) is 16.6 Å². The van der Waals surface area contributed by atoms with Gasteiger partial charge in [-0.25, -0.2) is 0 Å². The predicted molar refractivity (Wildman–Crippen MR) is 73.3 cm³/mol. The highest BCUT2D eigenvalue weighted by molar-refractivity contribution is 6.50. The van der Waals surface area contributed by atoms with Gasteiger partial charge in [0.2, 0.25) is 0 Å². The molecule has 19 heavy (non-hydrogen) atoms. The van der Waals surface area contributed by atoms with Crippen molar-refractivity contribution in [2.75, 3.05) is 13.7 Å². The fourth-order valence-corrected chi connectivity index (χ4v) is 2.13. The lowest BCUT2D eigenvalue weighted by molar-refractivity contribution is -0.104. The Morgan fingerprint density at radius 1 is 1.32 bits per heavy atom. The van der Waals surface area contributed by atoms with Gasteiger partial charge in [0.1, 0.15) is 5.50 Å². The van der Waals surface area contributed by atoms with E-state index in [1.54, 1.807) is 13.2 Å². The van der Waals surface area contributed by atoms with Crippen LogP contribution in [-0.4, -0.2) is 50.0 Å². The van der Waals surface area contributed by atoms with E-state index in [4.69, 9.17) is 14.0 Å². The van der Waals surface area contributed by atoms with E-state index in [0.29, 0.717) is 12.1 Å². The molecular weight excluding hydrogens is 245 g/mol. The van der Waals surface area contributed by atoms with Crippen LogP contribution in [0.1, 0.15) is 27.7 Å². The van der Waals surface area contributed by atoms with Crippen LogP contribution in [0, 0.1) is 0 Å². The highest BCUT2D eigenvalue weighted by Gasteiger charge is 2.60. The summed E-state index contributed by atoms with van der Waals surface area (Å²) >= 11 is 0. The lowest BCUT2D eigenvalue weighted by Gasteiger charge is -2.32. The second-order valence-electron chi connectivity index (χ2n) is 5.98. The molecule has 2 aliphatic rings. The molecule has 1 atom stereocenters. The molecule has 0 radical (unpaired) electrons. The Labute approximate surface area is 114 Å². The summed E-state index contributed by atoms with van der Waals surface area (Å²) in [4.78, 5) is 15.1. The summed E-state index contributed by atoms with van der Waals surface area (Å²) in [7, 11) is 0.986. The molecule has 6 heteroatoms. The summed E-state index contributed by atoms with van der Waals surface area (Å²) in [5, 5.41) is 0. The van der Waals surface area contributed by atoms with Crippen LogP contribution in [0.4, 0.5) is 0 Å². The molecule has 0 aromatic rings. The number of ether oxygens (including phenoxy) is 1. The summed E-state index contributed by atoms with van der Waals surface area (Å²) in [5.41, 5.74) is -1.27. The number of carbonyl (C=O) groups is 1. The van der Waals surface area contributed by atoms with E-state index in [-0.39, 0.29) is 0 Å². The zero-order valence-electron chi connectivity index (χ0n) is 12.1. The first-order valence-corrected chi connectivity index (χ1v) is 6.35. The summed E-state index contributed by atoms with van der Waals surface area (Å²) in [5.74, 6) is 0. The molecule has 0 saturated carbocycles. The van der Waals surface area contributed by atoms with Crippen molar-refractivity contribution in [1.82, 2.24) is 0 Å². The fourth-order valence-electron chi connectivity index (χ4n) is 2.13. The Morgan fingerprint density at radius 3 is 2.37 bits per heavy atom. The molecule has 0 bridgehead atoms. The number of aliphatic imine (C=N–C) groups is 1. The van der Waals surface area contributed by atoms with Crippen LogP contribution < -0.4 is 0 Å². The van der Waals surface area contributed by atoms with E-state index in [1.165, 1.54) is 6.21 Å². The molecule has 2 heterocycles. The number of dihydropyridines is 1. The Kier molecular flexibility index (Phi) is 3.45. The molecule has 5 nitrogen and oxygen atoms in total. The highest BCUT2D eigenvalue weighted by Crippen LogP contribution is 2.41. The summed E-state index contributed by atoms with van der Waals surface area (Å²) in [6.45, 7) is 8.29. The fraction of sp³-hybridized carbons (Fsp3) is 0.692. The molecule has 1 fully saturated rings. The molecule has 0 aromatic heterocycles. The maximum atomic E-state index is 10.9. The number of aldehydes is 1. The zero-order valence-corrected chi connectivity index (χ0v) is 12.1. The number of hydrogen-bond donors (Lipinski definition) is 0. The Hall–Kier alpha value is -0.975. The van der Waals surface area contributed by atoms with Crippen molar-refractivity contribution < 1.29 is 18.8 Å². The van der Waals surface area contributed by atoms with Gasteiger partial charge in [-0.3, -0.25) is 9.79 Å². The Bertz CT molecular complexity index is 428. The van der Waals surface area contributed by atoms with E-state index >= 15 is 0 Å². The molecule has 0 spiro atoms. The topological polar surface area (TPSA) is 57.1 Å². The van der Waals surface area contributed by atoms with Gasteiger partial charge in [-0.05, 0) is 33.8 Å². The van der Waals surface area contributed by atoms with E-state index in [0.717, 1.165) is 6.29 Å². The quantitative estimate of drug-likeness (QED) is 0.568. The van der Waals surface area contributed by atoms with Crippen LogP contribution in [-0.2, 0) is 18.8 Å². The lowest BCUT2D eigenvalue weighted by atomic mass is 9.65. The zero-order chi connectivity index (χ0) is 14.3. The van der Waals surface area contributed by atoms with Crippen molar-refractivity contribution in [1.29, 1.82) is 0 Å². The number of hydrogen-bond acceptors (Lipinski definition) is 5. The molecule has 0 aromatic carbocycles. The van der Waals surface area contributed by atoms with E-state index < -0.39 is 23.8 Å². The minimum absolute atomic E-state index is 0.373. The van der Waals surface area contributed by atoms with Gasteiger partial charge in [-0.15, -0.1) is 0 Å². The monoisotopic (exact) mass is 265 g/mol. The van der Waals surface area contributed by atoms with Crippen molar-refractivity contribution in [3.8, 4) is 0 Å². The summed E-state index contributed by atoms with van der Waals surface area (Å²) in [6, 6.07) is 0. The first-order valence-electron chi connectivity index (χ1n) is 6.35. The summed E-state index contributed by atoms with van der Waals surface area (Å²) in [6.07, 6.45) is 4.02. The molecule has 0 amide bonds. The SMILES string of the molecule is COC1(B2OC(C)(C)C(C)(C)O2)C=C(C=O)C=NC1. The minimum Gasteiger partial charge on any atom is -0.401 e. The standard InChI is InChI=1S/C13H20BNO4/c1-11(2)12(3,4)19-14(18-11)13(17-5)6-10(8-16)7-15-9-13/h6-8H,9H2,1-5H3. The van der Waals surface area contributed by atoms with Gasteiger partial charge in [0.15, 0.2) is 6.29 Å². The van der Waals surface area contributed by atoms with Crippen LogP contribution in [0.5, 0.6) is 0 Å². The maximum absolute atomic E-state index is 10.9. The number of nitrogens with zero attached hydrogens (tertiary/aromatic N) is 1. The van der Waals surface area contributed by atoms with Crippen LogP contribution in [0.2, 0.25) is 0 Å². The predicted octanol–water partition coefficient (Wildman–Crippen LogP) is 1.21. The van der Waals surface area contributed by atoms with Gasteiger partial charge in [0.05, 0.1) is 17.7 Å². The average Bonchev–Trinajstić information content (AvgIpc) is 2.59. The average molecular weight is 265 g/mol. The molecule has 0 N–H and O–H groups in total. The third kappa shape index (κ3) is 2.28. The molecule has 0 aliphatic carbocycles. The number of methoxy groups -OCH3 is 1. The number of rotatable bonds is 3. The van der Waals surface area contributed by atoms with Crippen molar-refractivity contribution in [3.63, 3.8) is 0 Å². The highest BCUT2D eigenvalue weighted by atomic mass is 16.7. The second kappa shape index (κ2) is 4.54. The van der Waals surface area contributed by atoms with Crippen LogP contribution >= 0.6 is 0 Å². The summed E-state index contributed by atoms with van der Waals surface area (Å²) < 4.78 is 17.6. The van der Waals surface area contributed by atoms with E-state index in [2.05, 4.69) is 4.99 Å².